The lowest BCUT2D eigenvalue weighted by Gasteiger charge is -2.33. The van der Waals surface area contributed by atoms with Crippen LogP contribution in [0.25, 0.3) is 0 Å². The molecule has 0 spiro atoms. The molecule has 0 aliphatic carbocycles. The molecule has 32 heavy (non-hydrogen) atoms. The molecule has 10 nitrogen and oxygen atoms in total. The standard InChI is InChI=1S/C22H18O10/c23-12-1-2-17-9(3-12)8-18(21(31-17)10-4-13(24)19(28)14(25)5-10)32-22(30)11-6-15(26)20(29)16(27)7-11/h1-7,18,21,23-29H,8H2/t18-,21-/m1/s1. The summed E-state index contributed by atoms with van der Waals surface area (Å²) in [4.78, 5) is 12.7. The van der Waals surface area contributed by atoms with E-state index in [1.54, 1.807) is 0 Å². The number of hydrogen-bond donors (Lipinski definition) is 7. The summed E-state index contributed by atoms with van der Waals surface area (Å²) in [5.41, 5.74) is 0.447. The lowest BCUT2D eigenvalue weighted by molar-refractivity contribution is -0.0184. The molecule has 1 aliphatic rings. The first-order valence-electron chi connectivity index (χ1n) is 9.33. The fourth-order valence-corrected chi connectivity index (χ4v) is 3.48. The number of esters is 1. The van der Waals surface area contributed by atoms with E-state index in [4.69, 9.17) is 9.47 Å². The predicted molar refractivity (Wildman–Crippen MR) is 107 cm³/mol. The van der Waals surface area contributed by atoms with Gasteiger partial charge in [-0.2, -0.15) is 0 Å². The second-order valence-corrected chi connectivity index (χ2v) is 7.25. The van der Waals surface area contributed by atoms with Crippen molar-refractivity contribution in [3.63, 3.8) is 0 Å². The van der Waals surface area contributed by atoms with Crippen molar-refractivity contribution in [3.8, 4) is 46.0 Å². The monoisotopic (exact) mass is 442 g/mol. The van der Waals surface area contributed by atoms with Gasteiger partial charge in [0.05, 0.1) is 5.56 Å². The zero-order valence-electron chi connectivity index (χ0n) is 16.3. The Morgan fingerprint density at radius 3 is 1.97 bits per heavy atom. The van der Waals surface area contributed by atoms with Gasteiger partial charge in [-0.25, -0.2) is 4.79 Å². The zero-order valence-corrected chi connectivity index (χ0v) is 16.3. The smallest absolute Gasteiger partial charge is 0.338 e. The molecule has 0 unspecified atom stereocenters. The van der Waals surface area contributed by atoms with Crippen LogP contribution >= 0.6 is 0 Å². The van der Waals surface area contributed by atoms with Crippen LogP contribution in [0.2, 0.25) is 0 Å². The van der Waals surface area contributed by atoms with E-state index in [1.165, 1.54) is 18.2 Å². The summed E-state index contributed by atoms with van der Waals surface area (Å²) in [7, 11) is 0. The third-order valence-corrected chi connectivity index (χ3v) is 5.04. The van der Waals surface area contributed by atoms with Gasteiger partial charge in [0.1, 0.15) is 17.6 Å². The second kappa shape index (κ2) is 7.65. The first-order chi connectivity index (χ1) is 15.1. The fourth-order valence-electron chi connectivity index (χ4n) is 3.48. The largest absolute Gasteiger partial charge is 0.508 e. The molecule has 1 aliphatic heterocycles. The van der Waals surface area contributed by atoms with Gasteiger partial charge < -0.3 is 45.2 Å². The molecule has 10 heteroatoms. The first-order valence-corrected chi connectivity index (χ1v) is 9.33. The van der Waals surface area contributed by atoms with E-state index >= 15 is 0 Å². The third kappa shape index (κ3) is 3.69. The molecule has 0 amide bonds. The van der Waals surface area contributed by atoms with Gasteiger partial charge in [0.15, 0.2) is 40.6 Å². The molecule has 2 atom stereocenters. The van der Waals surface area contributed by atoms with Crippen LogP contribution in [0.5, 0.6) is 46.0 Å². The van der Waals surface area contributed by atoms with Crippen LogP contribution in [0, 0.1) is 0 Å². The van der Waals surface area contributed by atoms with Crippen LogP contribution in [0.1, 0.15) is 27.6 Å². The van der Waals surface area contributed by atoms with E-state index < -0.39 is 52.7 Å². The summed E-state index contributed by atoms with van der Waals surface area (Å²) >= 11 is 0. The number of hydrogen-bond acceptors (Lipinski definition) is 10. The molecule has 0 aromatic heterocycles. The van der Waals surface area contributed by atoms with E-state index in [0.717, 1.165) is 24.3 Å². The van der Waals surface area contributed by atoms with Crippen molar-refractivity contribution in [2.75, 3.05) is 0 Å². The van der Waals surface area contributed by atoms with Gasteiger partial charge in [-0.1, -0.05) is 0 Å². The van der Waals surface area contributed by atoms with Gasteiger partial charge in [0, 0.05) is 17.5 Å². The van der Waals surface area contributed by atoms with Crippen LogP contribution < -0.4 is 4.74 Å². The molecule has 1 heterocycles. The van der Waals surface area contributed by atoms with Crippen molar-refractivity contribution in [1.82, 2.24) is 0 Å². The number of carbonyl (C=O) groups is 1. The number of carbonyl (C=O) groups excluding carboxylic acids is 1. The number of phenols is 7. The minimum Gasteiger partial charge on any atom is -0.508 e. The van der Waals surface area contributed by atoms with Crippen molar-refractivity contribution < 1.29 is 50.0 Å². The van der Waals surface area contributed by atoms with Gasteiger partial charge >= 0.3 is 5.97 Å². The number of ether oxygens (including phenoxy) is 2. The summed E-state index contributed by atoms with van der Waals surface area (Å²) in [6.45, 7) is 0. The zero-order chi connectivity index (χ0) is 23.2. The molecule has 4 rings (SSSR count). The molecule has 3 aromatic rings. The Labute approximate surface area is 180 Å². The lowest BCUT2D eigenvalue weighted by atomic mass is 9.94. The van der Waals surface area contributed by atoms with E-state index in [0.29, 0.717) is 11.3 Å². The maximum absolute atomic E-state index is 12.7. The average Bonchev–Trinajstić information content (AvgIpc) is 2.74. The fraction of sp³-hybridized carbons (Fsp3) is 0.136. The molecule has 0 bridgehead atoms. The summed E-state index contributed by atoms with van der Waals surface area (Å²) in [6.07, 6.45) is -2.01. The SMILES string of the molecule is O=C(O[C@@H]1Cc2cc(O)ccc2O[C@@H]1c1cc(O)c(O)c(O)c1)c1cc(O)c(O)c(O)c1. The van der Waals surface area contributed by atoms with Crippen LogP contribution in [0.3, 0.4) is 0 Å². The van der Waals surface area contributed by atoms with Gasteiger partial charge in [0.2, 0.25) is 0 Å². The molecular formula is C22H18O10. The van der Waals surface area contributed by atoms with E-state index in [-0.39, 0.29) is 23.3 Å². The Kier molecular flexibility index (Phi) is 4.97. The van der Waals surface area contributed by atoms with Crippen LogP contribution in [0.15, 0.2) is 42.5 Å². The second-order valence-electron chi connectivity index (χ2n) is 7.25. The highest BCUT2D eigenvalue weighted by molar-refractivity contribution is 5.91. The van der Waals surface area contributed by atoms with Gasteiger partial charge in [-0.05, 0) is 42.5 Å². The normalized spacial score (nSPS) is 17.2. The van der Waals surface area contributed by atoms with Crippen molar-refractivity contribution in [2.45, 2.75) is 18.6 Å². The van der Waals surface area contributed by atoms with Crippen molar-refractivity contribution in [2.24, 2.45) is 0 Å². The highest BCUT2D eigenvalue weighted by atomic mass is 16.6. The predicted octanol–water partition coefficient (Wildman–Crippen LogP) is 2.53. The third-order valence-electron chi connectivity index (χ3n) is 5.04. The number of benzene rings is 3. The van der Waals surface area contributed by atoms with Gasteiger partial charge in [-0.3, -0.25) is 0 Å². The summed E-state index contributed by atoms with van der Waals surface area (Å²) in [6, 6.07) is 8.44. The van der Waals surface area contributed by atoms with Crippen LogP contribution in [-0.4, -0.2) is 47.8 Å². The Balaban J connectivity index is 1.72. The minimum atomic E-state index is -1.04. The molecule has 166 valence electrons. The molecular weight excluding hydrogens is 424 g/mol. The van der Waals surface area contributed by atoms with E-state index in [2.05, 4.69) is 0 Å². The molecule has 0 saturated carbocycles. The highest BCUT2D eigenvalue weighted by Crippen LogP contribution is 2.43. The van der Waals surface area contributed by atoms with Gasteiger partial charge in [-0.15, -0.1) is 0 Å². The maximum Gasteiger partial charge on any atom is 0.338 e. The van der Waals surface area contributed by atoms with E-state index in [9.17, 15) is 40.5 Å². The summed E-state index contributed by atoms with van der Waals surface area (Å²) < 4.78 is 11.4. The Morgan fingerprint density at radius 2 is 1.38 bits per heavy atom. The number of rotatable bonds is 3. The molecule has 3 aromatic carbocycles. The number of phenolic OH excluding ortho intramolecular Hbond substituents is 7. The highest BCUT2D eigenvalue weighted by Gasteiger charge is 2.36. The maximum atomic E-state index is 12.7. The van der Waals surface area contributed by atoms with Gasteiger partial charge in [0.25, 0.3) is 0 Å². The summed E-state index contributed by atoms with van der Waals surface area (Å²) in [5.74, 6) is -4.83. The Bertz CT molecular complexity index is 1170. The number of aromatic hydroxyl groups is 7. The Hall–Kier alpha value is -4.47. The quantitative estimate of drug-likeness (QED) is 0.235. The molecule has 0 radical (unpaired) electrons. The van der Waals surface area contributed by atoms with Crippen LogP contribution in [-0.2, 0) is 11.2 Å². The van der Waals surface area contributed by atoms with E-state index in [1.807, 2.05) is 0 Å². The van der Waals surface area contributed by atoms with Crippen LogP contribution in [0.4, 0.5) is 0 Å². The first kappa shape index (κ1) is 20.8. The molecule has 0 fully saturated rings. The summed E-state index contributed by atoms with van der Waals surface area (Å²) in [5, 5.41) is 68.0. The lowest BCUT2D eigenvalue weighted by Crippen LogP contribution is -2.34. The molecule has 7 N–H and O–H groups in total. The Morgan fingerprint density at radius 1 is 0.812 bits per heavy atom. The van der Waals surface area contributed by atoms with Crippen molar-refractivity contribution >= 4 is 5.97 Å². The number of fused-ring (bicyclic) bond motifs is 1. The van der Waals surface area contributed by atoms with Crippen molar-refractivity contribution in [1.29, 1.82) is 0 Å². The van der Waals surface area contributed by atoms with Crippen molar-refractivity contribution in [3.05, 3.63) is 59.2 Å². The minimum absolute atomic E-state index is 0.0378. The average molecular weight is 442 g/mol. The molecule has 0 saturated heterocycles. The topological polar surface area (TPSA) is 177 Å².